The van der Waals surface area contributed by atoms with E-state index in [4.69, 9.17) is 11.6 Å². The van der Waals surface area contributed by atoms with E-state index < -0.39 is 16.9 Å². The van der Waals surface area contributed by atoms with Crippen LogP contribution in [-0.2, 0) is 4.79 Å². The van der Waals surface area contributed by atoms with Crippen LogP contribution in [0.5, 0.6) is 0 Å². The van der Waals surface area contributed by atoms with Gasteiger partial charge in [0.05, 0.1) is 4.92 Å². The topological polar surface area (TPSA) is 140 Å². The summed E-state index contributed by atoms with van der Waals surface area (Å²) in [6.45, 7) is 0.496. The van der Waals surface area contributed by atoms with Crippen molar-refractivity contribution in [1.82, 2.24) is 4.98 Å². The van der Waals surface area contributed by atoms with Crippen LogP contribution in [0.4, 0.5) is 17.3 Å². The zero-order chi connectivity index (χ0) is 14.0. The van der Waals surface area contributed by atoms with Crippen LogP contribution in [0.3, 0.4) is 0 Å². The molecule has 1 aromatic rings. The van der Waals surface area contributed by atoms with Crippen LogP contribution >= 0.6 is 0 Å². The van der Waals surface area contributed by atoms with E-state index in [9.17, 15) is 14.9 Å². The van der Waals surface area contributed by atoms with E-state index >= 15 is 0 Å². The molecule has 0 radical (unpaired) electrons. The van der Waals surface area contributed by atoms with E-state index in [2.05, 4.69) is 10.4 Å². The molecule has 5 N–H and O–H groups in total. The number of anilines is 2. The molecular weight excluding hydrogens is 252 g/mol. The molecular formula is C10H14N6O3. The molecule has 0 aliphatic carbocycles. The van der Waals surface area contributed by atoms with Gasteiger partial charge in [0.1, 0.15) is 11.9 Å². The van der Waals surface area contributed by atoms with Crippen molar-refractivity contribution >= 4 is 23.2 Å². The third-order valence-electron chi connectivity index (χ3n) is 3.05. The van der Waals surface area contributed by atoms with E-state index in [-0.39, 0.29) is 17.3 Å². The third-order valence-corrected chi connectivity index (χ3v) is 3.05. The number of nitro groups is 1. The smallest absolute Gasteiger partial charge is 0.311 e. The Morgan fingerprint density at radius 3 is 2.89 bits per heavy atom. The number of rotatable bonds is 4. The fraction of sp³-hybridized carbons (Fsp3) is 0.400. The molecule has 102 valence electrons. The van der Waals surface area contributed by atoms with E-state index in [1.807, 2.05) is 0 Å². The molecule has 1 aliphatic rings. The number of nitrogen functional groups attached to an aromatic ring is 1. The Morgan fingerprint density at radius 2 is 2.32 bits per heavy atom. The van der Waals surface area contributed by atoms with Crippen molar-refractivity contribution in [3.63, 3.8) is 0 Å². The molecule has 1 amide bonds. The van der Waals surface area contributed by atoms with Crippen molar-refractivity contribution in [1.29, 1.82) is 0 Å². The van der Waals surface area contributed by atoms with Gasteiger partial charge in [-0.3, -0.25) is 14.9 Å². The SMILES string of the molecule is NNc1ccc([N+](=O)[O-])c(N2CCCC2C(N)=O)n1. The number of pyridine rings is 1. The molecule has 1 saturated heterocycles. The minimum atomic E-state index is -0.570. The lowest BCUT2D eigenvalue weighted by atomic mass is 10.2. The van der Waals surface area contributed by atoms with Crippen LogP contribution in [0.25, 0.3) is 0 Å². The zero-order valence-electron chi connectivity index (χ0n) is 10.1. The molecule has 9 nitrogen and oxygen atoms in total. The van der Waals surface area contributed by atoms with Gasteiger partial charge in [0, 0.05) is 12.6 Å². The van der Waals surface area contributed by atoms with Crippen LogP contribution < -0.4 is 21.9 Å². The molecule has 19 heavy (non-hydrogen) atoms. The van der Waals surface area contributed by atoms with Gasteiger partial charge >= 0.3 is 5.69 Å². The van der Waals surface area contributed by atoms with Crippen molar-refractivity contribution < 1.29 is 9.72 Å². The van der Waals surface area contributed by atoms with E-state index in [1.54, 1.807) is 4.90 Å². The summed E-state index contributed by atoms with van der Waals surface area (Å²) >= 11 is 0. The first kappa shape index (κ1) is 13.0. The highest BCUT2D eigenvalue weighted by Crippen LogP contribution is 2.32. The summed E-state index contributed by atoms with van der Waals surface area (Å²) in [5, 5.41) is 11.0. The van der Waals surface area contributed by atoms with E-state index in [0.717, 1.165) is 6.42 Å². The largest absolute Gasteiger partial charge is 0.368 e. The lowest BCUT2D eigenvalue weighted by Crippen LogP contribution is -2.41. The molecule has 0 spiro atoms. The van der Waals surface area contributed by atoms with Gasteiger partial charge in [-0.25, -0.2) is 10.8 Å². The average Bonchev–Trinajstić information content (AvgIpc) is 2.87. The van der Waals surface area contributed by atoms with Crippen LogP contribution in [-0.4, -0.2) is 28.4 Å². The van der Waals surface area contributed by atoms with Crippen LogP contribution in [0.15, 0.2) is 12.1 Å². The maximum atomic E-state index is 11.4. The van der Waals surface area contributed by atoms with Crippen LogP contribution in [0.2, 0.25) is 0 Å². The Hall–Kier alpha value is -2.42. The first-order valence-electron chi connectivity index (χ1n) is 5.72. The molecule has 0 aromatic carbocycles. The Balaban J connectivity index is 2.46. The highest BCUT2D eigenvalue weighted by molar-refractivity contribution is 5.85. The molecule has 1 aromatic heterocycles. The van der Waals surface area contributed by atoms with Gasteiger partial charge < -0.3 is 16.1 Å². The standard InChI is InChI=1S/C10H14N6O3/c11-9(17)6-2-1-5-15(6)10-7(16(18)19)3-4-8(13-10)14-12/h3-4,6H,1-2,5,12H2,(H2,11,17)(H,13,14). The van der Waals surface area contributed by atoms with Crippen molar-refractivity contribution in [3.8, 4) is 0 Å². The molecule has 1 atom stereocenters. The number of nitrogens with one attached hydrogen (secondary N) is 1. The highest BCUT2D eigenvalue weighted by Gasteiger charge is 2.34. The highest BCUT2D eigenvalue weighted by atomic mass is 16.6. The van der Waals surface area contributed by atoms with Crippen molar-refractivity contribution in [2.75, 3.05) is 16.9 Å². The Bertz CT molecular complexity index is 520. The molecule has 1 fully saturated rings. The first-order valence-corrected chi connectivity index (χ1v) is 5.72. The van der Waals surface area contributed by atoms with Crippen LogP contribution in [0, 0.1) is 10.1 Å². The lowest BCUT2D eigenvalue weighted by molar-refractivity contribution is -0.384. The summed E-state index contributed by atoms with van der Waals surface area (Å²) in [7, 11) is 0. The Labute approximate surface area is 108 Å². The lowest BCUT2D eigenvalue weighted by Gasteiger charge is -2.23. The van der Waals surface area contributed by atoms with Gasteiger partial charge in [-0.1, -0.05) is 0 Å². The monoisotopic (exact) mass is 266 g/mol. The van der Waals surface area contributed by atoms with Crippen LogP contribution in [0.1, 0.15) is 12.8 Å². The molecule has 9 heteroatoms. The number of primary amides is 1. The van der Waals surface area contributed by atoms with Gasteiger partial charge in [-0.15, -0.1) is 0 Å². The number of aromatic nitrogens is 1. The predicted molar refractivity (Wildman–Crippen MR) is 68.3 cm³/mol. The van der Waals surface area contributed by atoms with Gasteiger partial charge in [0.15, 0.2) is 0 Å². The number of nitrogens with zero attached hydrogens (tertiary/aromatic N) is 3. The number of hydrazine groups is 1. The van der Waals surface area contributed by atoms with E-state index in [1.165, 1.54) is 12.1 Å². The third kappa shape index (κ3) is 2.40. The summed E-state index contributed by atoms with van der Waals surface area (Å²) in [4.78, 5) is 27.5. The maximum Gasteiger partial charge on any atom is 0.311 e. The minimum Gasteiger partial charge on any atom is -0.368 e. The second-order valence-electron chi connectivity index (χ2n) is 4.19. The van der Waals surface area contributed by atoms with Crippen molar-refractivity contribution in [2.45, 2.75) is 18.9 Å². The van der Waals surface area contributed by atoms with Crippen molar-refractivity contribution in [2.24, 2.45) is 11.6 Å². The molecule has 0 bridgehead atoms. The maximum absolute atomic E-state index is 11.4. The number of nitrogens with two attached hydrogens (primary N) is 2. The van der Waals surface area contributed by atoms with E-state index in [0.29, 0.717) is 13.0 Å². The molecule has 1 aliphatic heterocycles. The fourth-order valence-corrected chi connectivity index (χ4v) is 2.19. The number of amides is 1. The second kappa shape index (κ2) is 5.06. The Kier molecular flexibility index (Phi) is 3.47. The summed E-state index contributed by atoms with van der Waals surface area (Å²) in [5.74, 6) is 5.13. The van der Waals surface area contributed by atoms with Gasteiger partial charge in [-0.05, 0) is 18.9 Å². The Morgan fingerprint density at radius 1 is 1.58 bits per heavy atom. The molecule has 1 unspecified atom stereocenters. The minimum absolute atomic E-state index is 0.113. The quantitative estimate of drug-likeness (QED) is 0.387. The second-order valence-corrected chi connectivity index (χ2v) is 4.19. The summed E-state index contributed by atoms with van der Waals surface area (Å²) in [6, 6.07) is 2.13. The number of carbonyl (C=O) groups excluding carboxylic acids is 1. The first-order chi connectivity index (χ1) is 9.04. The normalized spacial score (nSPS) is 18.4. The molecule has 2 heterocycles. The molecule has 2 rings (SSSR count). The van der Waals surface area contributed by atoms with Crippen molar-refractivity contribution in [3.05, 3.63) is 22.2 Å². The summed E-state index contributed by atoms with van der Waals surface area (Å²) in [6.07, 6.45) is 1.29. The average molecular weight is 266 g/mol. The summed E-state index contributed by atoms with van der Waals surface area (Å²) in [5.41, 5.74) is 7.45. The fourth-order valence-electron chi connectivity index (χ4n) is 2.19. The summed E-state index contributed by atoms with van der Waals surface area (Å²) < 4.78 is 0. The number of carbonyl (C=O) groups is 1. The predicted octanol–water partition coefficient (Wildman–Crippen LogP) is -0.270. The zero-order valence-corrected chi connectivity index (χ0v) is 10.1. The molecule has 0 saturated carbocycles. The van der Waals surface area contributed by atoms with Gasteiger partial charge in [-0.2, -0.15) is 0 Å². The van der Waals surface area contributed by atoms with Gasteiger partial charge in [0.25, 0.3) is 0 Å². The number of hydrogen-bond acceptors (Lipinski definition) is 7. The number of hydrogen-bond donors (Lipinski definition) is 3. The van der Waals surface area contributed by atoms with Gasteiger partial charge in [0.2, 0.25) is 11.7 Å².